The van der Waals surface area contributed by atoms with Gasteiger partial charge in [0, 0.05) is 6.61 Å². The number of ether oxygens (including phenoxy) is 2. The largest absolute Gasteiger partial charge is 0.488 e. The van der Waals surface area contributed by atoms with Gasteiger partial charge < -0.3 is 15.2 Å². The van der Waals surface area contributed by atoms with Crippen LogP contribution in [-0.4, -0.2) is 26.4 Å². The van der Waals surface area contributed by atoms with Crippen molar-refractivity contribution in [3.05, 3.63) is 29.6 Å². The number of halogens is 1. The van der Waals surface area contributed by atoms with Gasteiger partial charge in [-0.3, -0.25) is 0 Å². The molecule has 0 atom stereocenters. The molecule has 0 aliphatic rings. The Balaban J connectivity index is 2.36. The number of para-hydroxylation sites is 1. The lowest BCUT2D eigenvalue weighted by Crippen LogP contribution is -2.11. The topological polar surface area (TPSA) is 44.5 Å². The van der Waals surface area contributed by atoms with Crippen LogP contribution in [0.1, 0.15) is 25.8 Å². The van der Waals surface area contributed by atoms with E-state index in [0.29, 0.717) is 44.5 Å². The molecule has 0 fully saturated rings. The second-order valence-corrected chi connectivity index (χ2v) is 4.91. The Kier molecular flexibility index (Phi) is 7.45. The maximum Gasteiger partial charge on any atom is 0.165 e. The first-order chi connectivity index (χ1) is 9.15. The molecule has 0 aromatic heterocycles. The Hall–Kier alpha value is -1.13. The van der Waals surface area contributed by atoms with Crippen LogP contribution in [-0.2, 0) is 11.2 Å². The second kappa shape index (κ2) is 8.88. The zero-order valence-corrected chi connectivity index (χ0v) is 11.8. The zero-order chi connectivity index (χ0) is 14.1. The minimum atomic E-state index is -0.340. The third kappa shape index (κ3) is 6.03. The molecule has 3 nitrogen and oxygen atoms in total. The SMILES string of the molecule is CC(C)CCOCCOc1c(F)cccc1CCN. The monoisotopic (exact) mass is 269 g/mol. The van der Waals surface area contributed by atoms with Crippen LogP contribution in [0.3, 0.4) is 0 Å². The van der Waals surface area contributed by atoms with E-state index in [2.05, 4.69) is 13.8 Å². The number of nitrogens with two attached hydrogens (primary N) is 1. The van der Waals surface area contributed by atoms with Gasteiger partial charge in [-0.2, -0.15) is 0 Å². The molecule has 1 aromatic carbocycles. The molecule has 0 aliphatic heterocycles. The fraction of sp³-hybridized carbons (Fsp3) is 0.600. The van der Waals surface area contributed by atoms with Gasteiger partial charge >= 0.3 is 0 Å². The van der Waals surface area contributed by atoms with Crippen molar-refractivity contribution < 1.29 is 13.9 Å². The standard InChI is InChI=1S/C15H24FNO2/c1-12(2)7-9-18-10-11-19-15-13(6-8-17)4-3-5-14(15)16/h3-5,12H,6-11,17H2,1-2H3. The minimum Gasteiger partial charge on any atom is -0.488 e. The van der Waals surface area contributed by atoms with Crippen LogP contribution in [0.25, 0.3) is 0 Å². The molecule has 0 aliphatic carbocycles. The second-order valence-electron chi connectivity index (χ2n) is 4.91. The Labute approximate surface area is 114 Å². The van der Waals surface area contributed by atoms with Crippen LogP contribution in [0.2, 0.25) is 0 Å². The van der Waals surface area contributed by atoms with E-state index < -0.39 is 0 Å². The van der Waals surface area contributed by atoms with E-state index in [4.69, 9.17) is 15.2 Å². The van der Waals surface area contributed by atoms with Crippen molar-refractivity contribution in [1.82, 2.24) is 0 Å². The molecular formula is C15H24FNO2. The summed E-state index contributed by atoms with van der Waals surface area (Å²) in [6.07, 6.45) is 1.64. The molecule has 1 aromatic rings. The molecule has 2 N–H and O–H groups in total. The zero-order valence-electron chi connectivity index (χ0n) is 11.8. The van der Waals surface area contributed by atoms with Crippen LogP contribution < -0.4 is 10.5 Å². The molecule has 0 amide bonds. The van der Waals surface area contributed by atoms with Gasteiger partial charge in [-0.25, -0.2) is 4.39 Å². The van der Waals surface area contributed by atoms with E-state index in [9.17, 15) is 4.39 Å². The molecular weight excluding hydrogens is 245 g/mol. The van der Waals surface area contributed by atoms with Crippen molar-refractivity contribution in [3.63, 3.8) is 0 Å². The van der Waals surface area contributed by atoms with E-state index in [1.165, 1.54) is 6.07 Å². The fourth-order valence-electron chi connectivity index (χ4n) is 1.69. The van der Waals surface area contributed by atoms with Crippen molar-refractivity contribution in [3.8, 4) is 5.75 Å². The molecule has 4 heteroatoms. The highest BCUT2D eigenvalue weighted by Crippen LogP contribution is 2.22. The highest BCUT2D eigenvalue weighted by molar-refractivity contribution is 5.35. The molecule has 1 rings (SSSR count). The Morgan fingerprint density at radius 2 is 2.00 bits per heavy atom. The maximum absolute atomic E-state index is 13.6. The van der Waals surface area contributed by atoms with Crippen molar-refractivity contribution >= 4 is 0 Å². The average Bonchev–Trinajstić information content (AvgIpc) is 2.36. The van der Waals surface area contributed by atoms with E-state index in [0.717, 1.165) is 12.0 Å². The molecule has 0 bridgehead atoms. The predicted octanol–water partition coefficient (Wildman–Crippen LogP) is 2.77. The molecule has 0 unspecified atom stereocenters. The first-order valence-electron chi connectivity index (χ1n) is 6.83. The first kappa shape index (κ1) is 15.9. The van der Waals surface area contributed by atoms with Gasteiger partial charge in [-0.15, -0.1) is 0 Å². The maximum atomic E-state index is 13.6. The average molecular weight is 269 g/mol. The van der Waals surface area contributed by atoms with Crippen LogP contribution >= 0.6 is 0 Å². The summed E-state index contributed by atoms with van der Waals surface area (Å²) in [5, 5.41) is 0. The van der Waals surface area contributed by atoms with E-state index in [1.807, 2.05) is 6.07 Å². The summed E-state index contributed by atoms with van der Waals surface area (Å²) in [6, 6.07) is 4.91. The minimum absolute atomic E-state index is 0.306. The number of hydrogen-bond acceptors (Lipinski definition) is 3. The van der Waals surface area contributed by atoms with Gasteiger partial charge in [0.25, 0.3) is 0 Å². The summed E-state index contributed by atoms with van der Waals surface area (Å²) in [5.74, 6) is 0.595. The van der Waals surface area contributed by atoms with Crippen LogP contribution in [0, 0.1) is 11.7 Å². The highest BCUT2D eigenvalue weighted by Gasteiger charge is 2.08. The molecule has 0 heterocycles. The summed E-state index contributed by atoms with van der Waals surface area (Å²) < 4.78 is 24.6. The molecule has 108 valence electrons. The number of benzene rings is 1. The van der Waals surface area contributed by atoms with Crippen molar-refractivity contribution in [2.24, 2.45) is 11.7 Å². The van der Waals surface area contributed by atoms with Crippen molar-refractivity contribution in [1.29, 1.82) is 0 Å². The third-order valence-electron chi connectivity index (χ3n) is 2.78. The lowest BCUT2D eigenvalue weighted by molar-refractivity contribution is 0.0910. The van der Waals surface area contributed by atoms with Gasteiger partial charge in [0.15, 0.2) is 11.6 Å². The normalized spacial score (nSPS) is 11.0. The number of rotatable bonds is 9. The lowest BCUT2D eigenvalue weighted by atomic mass is 10.1. The Bertz CT molecular complexity index is 369. The molecule has 19 heavy (non-hydrogen) atoms. The van der Waals surface area contributed by atoms with Crippen molar-refractivity contribution in [2.75, 3.05) is 26.4 Å². The Morgan fingerprint density at radius 3 is 2.68 bits per heavy atom. The predicted molar refractivity (Wildman–Crippen MR) is 74.9 cm³/mol. The summed E-state index contributed by atoms with van der Waals surface area (Å²) in [4.78, 5) is 0. The van der Waals surface area contributed by atoms with Crippen molar-refractivity contribution in [2.45, 2.75) is 26.7 Å². The summed E-state index contributed by atoms with van der Waals surface area (Å²) in [6.45, 7) is 6.33. The Morgan fingerprint density at radius 1 is 1.21 bits per heavy atom. The third-order valence-corrected chi connectivity index (χ3v) is 2.78. The smallest absolute Gasteiger partial charge is 0.165 e. The molecule has 0 saturated heterocycles. The van der Waals surface area contributed by atoms with Gasteiger partial charge in [0.2, 0.25) is 0 Å². The van der Waals surface area contributed by atoms with E-state index in [1.54, 1.807) is 6.07 Å². The molecule has 0 saturated carbocycles. The van der Waals surface area contributed by atoms with E-state index in [-0.39, 0.29) is 5.82 Å². The molecule has 0 spiro atoms. The van der Waals surface area contributed by atoms with Crippen LogP contribution in [0.15, 0.2) is 18.2 Å². The van der Waals surface area contributed by atoms with Crippen LogP contribution in [0.4, 0.5) is 4.39 Å². The summed E-state index contributed by atoms with van der Waals surface area (Å²) in [7, 11) is 0. The van der Waals surface area contributed by atoms with Gasteiger partial charge in [-0.1, -0.05) is 26.0 Å². The highest BCUT2D eigenvalue weighted by atomic mass is 19.1. The van der Waals surface area contributed by atoms with Gasteiger partial charge in [0.1, 0.15) is 6.61 Å². The van der Waals surface area contributed by atoms with Crippen LogP contribution in [0.5, 0.6) is 5.75 Å². The number of hydrogen-bond donors (Lipinski definition) is 1. The van der Waals surface area contributed by atoms with E-state index >= 15 is 0 Å². The fourth-order valence-corrected chi connectivity index (χ4v) is 1.69. The summed E-state index contributed by atoms with van der Waals surface area (Å²) in [5.41, 5.74) is 6.31. The quantitative estimate of drug-likeness (QED) is 0.701. The van der Waals surface area contributed by atoms with Gasteiger partial charge in [-0.05, 0) is 36.9 Å². The first-order valence-corrected chi connectivity index (χ1v) is 6.83. The van der Waals surface area contributed by atoms with Gasteiger partial charge in [0.05, 0.1) is 6.61 Å². The summed E-state index contributed by atoms with van der Waals surface area (Å²) >= 11 is 0. The molecule has 0 radical (unpaired) electrons. The lowest BCUT2D eigenvalue weighted by Gasteiger charge is -2.12.